The first-order chi connectivity index (χ1) is 19.9. The summed E-state index contributed by atoms with van der Waals surface area (Å²) < 4.78 is 29.2. The van der Waals surface area contributed by atoms with Crippen LogP contribution in [0.2, 0.25) is 10.0 Å². The lowest BCUT2D eigenvalue weighted by atomic mass is 10.1. The third kappa shape index (κ3) is 8.49. The summed E-state index contributed by atoms with van der Waals surface area (Å²) in [5.74, 6) is -0.836. The molecule has 0 bridgehead atoms. The number of sulfonamides is 1. The van der Waals surface area contributed by atoms with Crippen LogP contribution in [-0.4, -0.2) is 44.3 Å². The lowest BCUT2D eigenvalue weighted by molar-refractivity contribution is -0.140. The van der Waals surface area contributed by atoms with E-state index in [1.807, 2.05) is 40.7 Å². The summed E-state index contributed by atoms with van der Waals surface area (Å²) in [5, 5.41) is 3.71. The number of nitrogens with one attached hydrogen (secondary N) is 1. The fourth-order valence-electron chi connectivity index (χ4n) is 4.72. The summed E-state index contributed by atoms with van der Waals surface area (Å²) in [6.45, 7) is 9.43. The SMILES string of the molecule is CCCCNC(=O)[C@H](CC)N(Cc1ccc(Cl)cc1Cl)C(=O)CN(c1cc(C)cc(C)c1)S(=O)(=O)c1ccc(C)cc1. The summed E-state index contributed by atoms with van der Waals surface area (Å²) in [7, 11) is -4.15. The van der Waals surface area contributed by atoms with Crippen molar-refractivity contribution in [3.63, 3.8) is 0 Å². The molecule has 42 heavy (non-hydrogen) atoms. The maximum atomic E-state index is 14.2. The van der Waals surface area contributed by atoms with Gasteiger partial charge in [-0.3, -0.25) is 13.9 Å². The Morgan fingerprint density at radius 1 is 0.881 bits per heavy atom. The molecule has 0 aliphatic rings. The van der Waals surface area contributed by atoms with Crippen LogP contribution in [0.4, 0.5) is 5.69 Å². The van der Waals surface area contributed by atoms with Gasteiger partial charge in [-0.15, -0.1) is 0 Å². The molecule has 3 aromatic carbocycles. The Labute approximate surface area is 259 Å². The van der Waals surface area contributed by atoms with Crippen molar-refractivity contribution < 1.29 is 18.0 Å². The highest BCUT2D eigenvalue weighted by Gasteiger charge is 2.34. The Hall–Kier alpha value is -3.07. The van der Waals surface area contributed by atoms with Gasteiger partial charge in [0.05, 0.1) is 10.6 Å². The first-order valence-corrected chi connectivity index (χ1v) is 16.3. The minimum Gasteiger partial charge on any atom is -0.354 e. The quantitative estimate of drug-likeness (QED) is 0.209. The second kappa shape index (κ2) is 14.9. The first-order valence-electron chi connectivity index (χ1n) is 14.1. The number of halogens is 2. The molecule has 7 nitrogen and oxygen atoms in total. The zero-order valence-electron chi connectivity index (χ0n) is 24.8. The van der Waals surface area contributed by atoms with E-state index in [0.717, 1.165) is 33.8 Å². The van der Waals surface area contributed by atoms with Gasteiger partial charge in [-0.2, -0.15) is 0 Å². The van der Waals surface area contributed by atoms with Crippen molar-refractivity contribution >= 4 is 50.7 Å². The van der Waals surface area contributed by atoms with Crippen molar-refractivity contribution in [3.05, 3.63) is 93.0 Å². The van der Waals surface area contributed by atoms with Crippen molar-refractivity contribution in [3.8, 4) is 0 Å². The van der Waals surface area contributed by atoms with Crippen molar-refractivity contribution in [2.24, 2.45) is 0 Å². The fourth-order valence-corrected chi connectivity index (χ4v) is 6.59. The molecule has 0 saturated carbocycles. The molecule has 3 rings (SSSR count). The highest BCUT2D eigenvalue weighted by molar-refractivity contribution is 7.92. The van der Waals surface area contributed by atoms with Crippen LogP contribution in [0, 0.1) is 20.8 Å². The van der Waals surface area contributed by atoms with Crippen molar-refractivity contribution in [2.75, 3.05) is 17.4 Å². The Kier molecular flexibility index (Phi) is 11.9. The zero-order chi connectivity index (χ0) is 31.0. The van der Waals surface area contributed by atoms with E-state index in [0.29, 0.717) is 34.3 Å². The van der Waals surface area contributed by atoms with Crippen LogP contribution in [0.1, 0.15) is 55.4 Å². The Bertz CT molecular complexity index is 1490. The van der Waals surface area contributed by atoms with Gasteiger partial charge in [0, 0.05) is 23.1 Å². The smallest absolute Gasteiger partial charge is 0.264 e. The molecule has 0 spiro atoms. The molecule has 0 radical (unpaired) electrons. The zero-order valence-corrected chi connectivity index (χ0v) is 27.1. The molecule has 2 amide bonds. The fraction of sp³-hybridized carbons (Fsp3) is 0.375. The topological polar surface area (TPSA) is 86.8 Å². The summed E-state index contributed by atoms with van der Waals surface area (Å²) in [6.07, 6.45) is 2.03. The second-order valence-electron chi connectivity index (χ2n) is 10.5. The molecule has 0 unspecified atom stereocenters. The number of benzene rings is 3. The van der Waals surface area contributed by atoms with Crippen LogP contribution >= 0.6 is 23.2 Å². The number of anilines is 1. The van der Waals surface area contributed by atoms with Gasteiger partial charge in [-0.25, -0.2) is 8.42 Å². The molecule has 0 aliphatic carbocycles. The van der Waals surface area contributed by atoms with E-state index in [1.165, 1.54) is 17.0 Å². The van der Waals surface area contributed by atoms with Crippen molar-refractivity contribution in [2.45, 2.75) is 71.4 Å². The third-order valence-corrected chi connectivity index (χ3v) is 9.33. The van der Waals surface area contributed by atoms with Gasteiger partial charge in [0.15, 0.2) is 0 Å². The first kappa shape index (κ1) is 33.4. The molecule has 0 aliphatic heterocycles. The highest BCUT2D eigenvalue weighted by atomic mass is 35.5. The minimum atomic E-state index is -4.15. The number of carbonyl (C=O) groups is 2. The van der Waals surface area contributed by atoms with Gasteiger partial charge in [0.2, 0.25) is 11.8 Å². The summed E-state index contributed by atoms with van der Waals surface area (Å²) >= 11 is 12.6. The predicted octanol–water partition coefficient (Wildman–Crippen LogP) is 6.84. The Morgan fingerprint density at radius 2 is 1.52 bits per heavy atom. The van der Waals surface area contributed by atoms with Gasteiger partial charge in [-0.05, 0) is 86.7 Å². The average Bonchev–Trinajstić information content (AvgIpc) is 2.92. The number of carbonyl (C=O) groups excluding carboxylic acids is 2. The van der Waals surface area contributed by atoms with Gasteiger partial charge in [-0.1, -0.05) is 73.3 Å². The van der Waals surface area contributed by atoms with Gasteiger partial charge in [0.25, 0.3) is 10.0 Å². The normalized spacial score (nSPS) is 12.1. The molecular weight excluding hydrogens is 593 g/mol. The molecule has 0 fully saturated rings. The lowest BCUT2D eigenvalue weighted by Gasteiger charge is -2.33. The number of hydrogen-bond donors (Lipinski definition) is 1. The monoisotopic (exact) mass is 631 g/mol. The van der Waals surface area contributed by atoms with Crippen LogP contribution in [0.3, 0.4) is 0 Å². The van der Waals surface area contributed by atoms with Crippen LogP contribution in [0.25, 0.3) is 0 Å². The molecular formula is C32H39Cl2N3O4S. The highest BCUT2D eigenvalue weighted by Crippen LogP contribution is 2.28. The standard InChI is InChI=1S/C32H39Cl2N3O4S/c1-6-8-15-35-32(39)30(7-2)36(20-25-11-12-26(33)19-29(25)34)31(38)21-37(27-17-23(4)16-24(5)18-27)42(40,41)28-13-9-22(3)10-14-28/h9-14,16-19,30H,6-8,15,20-21H2,1-5H3,(H,35,39)/t30-/m0/s1. The van der Waals surface area contributed by atoms with E-state index in [9.17, 15) is 18.0 Å². The number of rotatable bonds is 13. The van der Waals surface area contributed by atoms with Crippen molar-refractivity contribution in [1.82, 2.24) is 10.2 Å². The molecule has 0 heterocycles. The molecule has 226 valence electrons. The predicted molar refractivity (Wildman–Crippen MR) is 171 cm³/mol. The van der Waals surface area contributed by atoms with E-state index in [1.54, 1.807) is 42.5 Å². The largest absolute Gasteiger partial charge is 0.354 e. The molecule has 0 saturated heterocycles. The van der Waals surface area contributed by atoms with Gasteiger partial charge >= 0.3 is 0 Å². The van der Waals surface area contributed by atoms with Crippen LogP contribution in [0.5, 0.6) is 0 Å². The molecule has 1 atom stereocenters. The van der Waals surface area contributed by atoms with Gasteiger partial charge < -0.3 is 10.2 Å². The number of aryl methyl sites for hydroxylation is 3. The maximum absolute atomic E-state index is 14.2. The molecule has 10 heteroatoms. The van der Waals surface area contributed by atoms with Gasteiger partial charge in [0.1, 0.15) is 12.6 Å². The molecule has 1 N–H and O–H groups in total. The van der Waals surface area contributed by atoms with E-state index >= 15 is 0 Å². The second-order valence-corrected chi connectivity index (χ2v) is 13.2. The third-order valence-electron chi connectivity index (χ3n) is 6.95. The molecule has 3 aromatic rings. The van der Waals surface area contributed by atoms with Crippen LogP contribution in [-0.2, 0) is 26.2 Å². The van der Waals surface area contributed by atoms with Crippen LogP contribution in [0.15, 0.2) is 65.6 Å². The number of amides is 2. The van der Waals surface area contributed by atoms with E-state index in [-0.39, 0.29) is 17.3 Å². The van der Waals surface area contributed by atoms with Crippen LogP contribution < -0.4 is 9.62 Å². The number of hydrogen-bond acceptors (Lipinski definition) is 4. The summed E-state index contributed by atoms with van der Waals surface area (Å²) in [6, 6.07) is 16.0. The number of unbranched alkanes of at least 4 members (excludes halogenated alkanes) is 1. The van der Waals surface area contributed by atoms with E-state index in [2.05, 4.69) is 5.32 Å². The maximum Gasteiger partial charge on any atom is 0.264 e. The summed E-state index contributed by atoms with van der Waals surface area (Å²) in [5.41, 5.74) is 3.58. The summed E-state index contributed by atoms with van der Waals surface area (Å²) in [4.78, 5) is 29.0. The van der Waals surface area contributed by atoms with E-state index < -0.39 is 28.5 Å². The lowest BCUT2D eigenvalue weighted by Crippen LogP contribution is -2.52. The minimum absolute atomic E-state index is 0.000194. The Balaban J connectivity index is 2.09. The average molecular weight is 633 g/mol. The molecule has 0 aromatic heterocycles. The van der Waals surface area contributed by atoms with Crippen molar-refractivity contribution in [1.29, 1.82) is 0 Å². The Morgan fingerprint density at radius 3 is 2.10 bits per heavy atom. The number of nitrogens with zero attached hydrogens (tertiary/aromatic N) is 2. The van der Waals surface area contributed by atoms with E-state index in [4.69, 9.17) is 23.2 Å².